The summed E-state index contributed by atoms with van der Waals surface area (Å²) in [4.78, 5) is 0. The highest BCUT2D eigenvalue weighted by molar-refractivity contribution is 5.75. The summed E-state index contributed by atoms with van der Waals surface area (Å²) in [7, 11) is 1.71. The maximum absolute atomic E-state index is 5.44. The standard InChI is InChI=1S/C19H16O/c1-20-19-13-17(15-8-4-2-5-9-15)12-18(14-19)16-10-6-3-7-11-16/h2-14H,1H3. The molecule has 0 amide bonds. The quantitative estimate of drug-likeness (QED) is 0.641. The molecule has 3 aromatic rings. The molecular weight excluding hydrogens is 244 g/mol. The molecule has 0 aromatic heterocycles. The fourth-order valence-corrected chi connectivity index (χ4v) is 2.31. The molecule has 98 valence electrons. The summed E-state index contributed by atoms with van der Waals surface area (Å²) < 4.78 is 5.44. The van der Waals surface area contributed by atoms with Crippen molar-refractivity contribution < 1.29 is 4.74 Å². The summed E-state index contributed by atoms with van der Waals surface area (Å²) in [5.41, 5.74) is 4.74. The molecule has 0 atom stereocenters. The average molecular weight is 260 g/mol. The van der Waals surface area contributed by atoms with Crippen LogP contribution >= 0.6 is 0 Å². The van der Waals surface area contributed by atoms with E-state index in [1.807, 2.05) is 12.1 Å². The van der Waals surface area contributed by atoms with E-state index in [1.165, 1.54) is 22.3 Å². The van der Waals surface area contributed by atoms with Crippen LogP contribution in [0.15, 0.2) is 78.9 Å². The Morgan fingerprint density at radius 1 is 0.550 bits per heavy atom. The zero-order chi connectivity index (χ0) is 13.8. The van der Waals surface area contributed by atoms with Crippen LogP contribution in [-0.2, 0) is 0 Å². The Bertz CT molecular complexity index is 630. The van der Waals surface area contributed by atoms with E-state index in [0.717, 1.165) is 5.75 Å². The van der Waals surface area contributed by atoms with Crippen LogP contribution in [0.3, 0.4) is 0 Å². The minimum atomic E-state index is 0.880. The third kappa shape index (κ3) is 2.57. The van der Waals surface area contributed by atoms with E-state index in [4.69, 9.17) is 4.74 Å². The largest absolute Gasteiger partial charge is 0.497 e. The molecule has 1 heteroatoms. The maximum atomic E-state index is 5.44. The van der Waals surface area contributed by atoms with Gasteiger partial charge in [-0.3, -0.25) is 0 Å². The summed E-state index contributed by atoms with van der Waals surface area (Å²) in [5.74, 6) is 0.880. The monoisotopic (exact) mass is 260 g/mol. The van der Waals surface area contributed by atoms with Crippen LogP contribution in [0.5, 0.6) is 5.75 Å². The Hall–Kier alpha value is -2.54. The van der Waals surface area contributed by atoms with E-state index in [1.54, 1.807) is 7.11 Å². The van der Waals surface area contributed by atoms with Gasteiger partial charge in [0, 0.05) is 0 Å². The fraction of sp³-hybridized carbons (Fsp3) is 0.0526. The van der Waals surface area contributed by atoms with Gasteiger partial charge in [0.15, 0.2) is 0 Å². The molecule has 0 aliphatic rings. The highest BCUT2D eigenvalue weighted by Crippen LogP contribution is 2.31. The number of methoxy groups -OCH3 is 1. The second-order valence-electron chi connectivity index (χ2n) is 4.68. The van der Waals surface area contributed by atoms with Crippen molar-refractivity contribution in [2.24, 2.45) is 0 Å². The second-order valence-corrected chi connectivity index (χ2v) is 4.68. The van der Waals surface area contributed by atoms with Gasteiger partial charge >= 0.3 is 0 Å². The lowest BCUT2D eigenvalue weighted by Gasteiger charge is -2.09. The van der Waals surface area contributed by atoms with Gasteiger partial charge in [-0.2, -0.15) is 0 Å². The zero-order valence-corrected chi connectivity index (χ0v) is 11.4. The van der Waals surface area contributed by atoms with Crippen LogP contribution in [0.2, 0.25) is 0 Å². The summed E-state index contributed by atoms with van der Waals surface area (Å²) in [6.07, 6.45) is 0. The molecule has 0 aliphatic carbocycles. The fourth-order valence-electron chi connectivity index (χ4n) is 2.31. The van der Waals surface area contributed by atoms with E-state index < -0.39 is 0 Å². The Labute approximate surface area is 119 Å². The topological polar surface area (TPSA) is 9.23 Å². The molecule has 0 N–H and O–H groups in total. The van der Waals surface area contributed by atoms with Gasteiger partial charge in [0.2, 0.25) is 0 Å². The lowest BCUT2D eigenvalue weighted by molar-refractivity contribution is 0.415. The highest BCUT2D eigenvalue weighted by atomic mass is 16.5. The molecule has 0 bridgehead atoms. The molecule has 0 radical (unpaired) electrons. The van der Waals surface area contributed by atoms with Crippen LogP contribution in [-0.4, -0.2) is 7.11 Å². The molecule has 1 nitrogen and oxygen atoms in total. The Morgan fingerprint density at radius 3 is 1.40 bits per heavy atom. The van der Waals surface area contributed by atoms with Gasteiger partial charge in [0.1, 0.15) is 5.75 Å². The van der Waals surface area contributed by atoms with Gasteiger partial charge in [-0.15, -0.1) is 0 Å². The summed E-state index contributed by atoms with van der Waals surface area (Å²) >= 11 is 0. The van der Waals surface area contributed by atoms with Gasteiger partial charge in [0.05, 0.1) is 7.11 Å². The summed E-state index contributed by atoms with van der Waals surface area (Å²) in [5, 5.41) is 0. The molecule has 20 heavy (non-hydrogen) atoms. The van der Waals surface area contributed by atoms with Gasteiger partial charge in [-0.1, -0.05) is 60.7 Å². The number of benzene rings is 3. The molecule has 0 saturated heterocycles. The van der Waals surface area contributed by atoms with Crippen molar-refractivity contribution >= 4 is 0 Å². The number of ether oxygens (including phenoxy) is 1. The molecule has 0 spiro atoms. The van der Waals surface area contributed by atoms with Crippen LogP contribution < -0.4 is 4.74 Å². The Morgan fingerprint density at radius 2 is 1.00 bits per heavy atom. The SMILES string of the molecule is COc1cc(-c2ccccc2)cc(-c2ccccc2)c1. The summed E-state index contributed by atoms with van der Waals surface area (Å²) in [6.45, 7) is 0. The van der Waals surface area contributed by atoms with Gasteiger partial charge in [-0.25, -0.2) is 0 Å². The first-order chi connectivity index (χ1) is 9.86. The lowest BCUT2D eigenvalue weighted by Crippen LogP contribution is -1.87. The van der Waals surface area contributed by atoms with Crippen LogP contribution in [0.25, 0.3) is 22.3 Å². The first kappa shape index (κ1) is 12.5. The van der Waals surface area contributed by atoms with Crippen molar-refractivity contribution in [1.82, 2.24) is 0 Å². The summed E-state index contributed by atoms with van der Waals surface area (Å²) in [6, 6.07) is 27.1. The van der Waals surface area contributed by atoms with E-state index in [9.17, 15) is 0 Å². The predicted octanol–water partition coefficient (Wildman–Crippen LogP) is 5.03. The van der Waals surface area contributed by atoms with Crippen molar-refractivity contribution in [3.05, 3.63) is 78.9 Å². The van der Waals surface area contributed by atoms with Crippen molar-refractivity contribution in [3.8, 4) is 28.0 Å². The minimum absolute atomic E-state index is 0.880. The smallest absolute Gasteiger partial charge is 0.120 e. The molecule has 3 aromatic carbocycles. The normalized spacial score (nSPS) is 10.2. The molecule has 0 saturated carbocycles. The van der Waals surface area contributed by atoms with Gasteiger partial charge in [-0.05, 0) is 40.5 Å². The van der Waals surface area contributed by atoms with Crippen LogP contribution in [0.4, 0.5) is 0 Å². The van der Waals surface area contributed by atoms with Crippen molar-refractivity contribution in [3.63, 3.8) is 0 Å². The van der Waals surface area contributed by atoms with E-state index in [0.29, 0.717) is 0 Å². The third-order valence-electron chi connectivity index (χ3n) is 3.36. The average Bonchev–Trinajstić information content (AvgIpc) is 2.56. The Balaban J connectivity index is 2.13. The first-order valence-electron chi connectivity index (χ1n) is 6.67. The first-order valence-corrected chi connectivity index (χ1v) is 6.67. The highest BCUT2D eigenvalue weighted by Gasteiger charge is 2.05. The van der Waals surface area contributed by atoms with Crippen molar-refractivity contribution in [2.45, 2.75) is 0 Å². The molecule has 0 fully saturated rings. The molecule has 0 aliphatic heterocycles. The maximum Gasteiger partial charge on any atom is 0.120 e. The zero-order valence-electron chi connectivity index (χ0n) is 11.4. The lowest BCUT2D eigenvalue weighted by atomic mass is 9.98. The van der Waals surface area contributed by atoms with E-state index in [-0.39, 0.29) is 0 Å². The van der Waals surface area contributed by atoms with Gasteiger partial charge < -0.3 is 4.74 Å². The number of rotatable bonds is 3. The van der Waals surface area contributed by atoms with Crippen molar-refractivity contribution in [2.75, 3.05) is 7.11 Å². The Kier molecular flexibility index (Phi) is 3.51. The van der Waals surface area contributed by atoms with Gasteiger partial charge in [0.25, 0.3) is 0 Å². The number of hydrogen-bond donors (Lipinski definition) is 0. The number of hydrogen-bond acceptors (Lipinski definition) is 1. The minimum Gasteiger partial charge on any atom is -0.497 e. The molecule has 0 unspecified atom stereocenters. The van der Waals surface area contributed by atoms with E-state index in [2.05, 4.69) is 66.7 Å². The predicted molar refractivity (Wildman–Crippen MR) is 83.9 cm³/mol. The third-order valence-corrected chi connectivity index (χ3v) is 3.36. The second kappa shape index (κ2) is 5.62. The molecule has 3 rings (SSSR count). The van der Waals surface area contributed by atoms with Crippen LogP contribution in [0, 0.1) is 0 Å². The molecule has 0 heterocycles. The van der Waals surface area contributed by atoms with E-state index >= 15 is 0 Å². The van der Waals surface area contributed by atoms with Crippen LogP contribution in [0.1, 0.15) is 0 Å². The molecular formula is C19H16O. The van der Waals surface area contributed by atoms with Crippen molar-refractivity contribution in [1.29, 1.82) is 0 Å².